The second kappa shape index (κ2) is 11.4. The van der Waals surface area contributed by atoms with E-state index in [0.29, 0.717) is 29.5 Å². The van der Waals surface area contributed by atoms with E-state index in [0.717, 1.165) is 16.5 Å². The molecular weight excluding hydrogens is 438 g/mol. The normalized spacial score (nSPS) is 15.8. The van der Waals surface area contributed by atoms with E-state index in [9.17, 15) is 14.9 Å². The van der Waals surface area contributed by atoms with E-state index in [1.165, 1.54) is 4.90 Å². The molecule has 1 aromatic heterocycles. The maximum atomic E-state index is 12.7. The van der Waals surface area contributed by atoms with E-state index in [4.69, 9.17) is 10.5 Å². The van der Waals surface area contributed by atoms with Gasteiger partial charge in [0.25, 0.3) is 0 Å². The lowest BCUT2D eigenvalue weighted by Crippen LogP contribution is -2.47. The number of hydrogen-bond acceptors (Lipinski definition) is 6. The molecule has 1 fully saturated rings. The minimum absolute atomic E-state index is 0.236. The van der Waals surface area contributed by atoms with Crippen LogP contribution in [-0.2, 0) is 11.2 Å². The summed E-state index contributed by atoms with van der Waals surface area (Å²) in [6.07, 6.45) is 1.51. The number of rotatable bonds is 5. The Morgan fingerprint density at radius 1 is 1.30 bits per heavy atom. The number of nitrogens with one attached hydrogen (secondary N) is 2. The summed E-state index contributed by atoms with van der Waals surface area (Å²) in [5.41, 5.74) is 8.50. The molecule has 2 aromatic carbocycles. The first kappa shape index (κ1) is 24.2. The lowest BCUT2D eigenvalue weighted by Gasteiger charge is -2.22. The predicted octanol–water partition coefficient (Wildman–Crippen LogP) is 4.10. The maximum Gasteiger partial charge on any atom is 0.417 e. The van der Waals surface area contributed by atoms with Gasteiger partial charge in [-0.2, -0.15) is 5.26 Å². The topological polar surface area (TPSA) is 124 Å². The van der Waals surface area contributed by atoms with Gasteiger partial charge in [-0.3, -0.25) is 10.1 Å². The first-order valence-electron chi connectivity index (χ1n) is 10.7. The van der Waals surface area contributed by atoms with Gasteiger partial charge in [0.1, 0.15) is 11.8 Å². The first-order chi connectivity index (χ1) is 16.0. The van der Waals surface area contributed by atoms with Crippen molar-refractivity contribution in [1.82, 2.24) is 9.88 Å². The van der Waals surface area contributed by atoms with E-state index in [2.05, 4.69) is 16.4 Å². The molecule has 0 aliphatic carbocycles. The van der Waals surface area contributed by atoms with Crippen LogP contribution >= 0.6 is 11.8 Å². The van der Waals surface area contributed by atoms with Crippen LogP contribution in [0.25, 0.3) is 10.9 Å². The number of benzene rings is 2. The van der Waals surface area contributed by atoms with E-state index >= 15 is 0 Å². The monoisotopic (exact) mass is 465 g/mol. The molecule has 2 heterocycles. The summed E-state index contributed by atoms with van der Waals surface area (Å²) in [5.74, 6) is 1.23. The molecule has 8 nitrogen and oxygen atoms in total. The minimum atomic E-state index is -0.764. The number of aromatic nitrogens is 1. The van der Waals surface area contributed by atoms with Crippen molar-refractivity contribution in [2.24, 2.45) is 5.73 Å². The van der Waals surface area contributed by atoms with Gasteiger partial charge in [-0.05, 0) is 42.3 Å². The number of nitriles is 1. The Bertz CT molecular complexity index is 1140. The molecule has 1 saturated heterocycles. The molecule has 3 aromatic rings. The largest absolute Gasteiger partial charge is 0.417 e. The summed E-state index contributed by atoms with van der Waals surface area (Å²) >= 11 is 1.55. The number of carbonyl (C=O) groups excluding carboxylic acids is 2. The van der Waals surface area contributed by atoms with Crippen molar-refractivity contribution in [2.75, 3.05) is 16.9 Å². The van der Waals surface area contributed by atoms with Crippen LogP contribution in [0.1, 0.15) is 19.4 Å². The lowest BCUT2D eigenvalue weighted by atomic mass is 10.0. The van der Waals surface area contributed by atoms with Crippen molar-refractivity contribution >= 4 is 40.4 Å². The molecule has 1 unspecified atom stereocenters. The fraction of sp³-hybridized carbons (Fsp3) is 0.292. The van der Waals surface area contributed by atoms with Crippen molar-refractivity contribution < 1.29 is 14.3 Å². The number of amides is 2. The van der Waals surface area contributed by atoms with Crippen LogP contribution in [-0.4, -0.2) is 45.6 Å². The zero-order valence-electron chi connectivity index (χ0n) is 18.6. The Labute approximate surface area is 197 Å². The van der Waals surface area contributed by atoms with Crippen molar-refractivity contribution in [3.63, 3.8) is 0 Å². The summed E-state index contributed by atoms with van der Waals surface area (Å²) in [5, 5.41) is 12.7. The molecule has 4 N–H and O–H groups in total. The average molecular weight is 466 g/mol. The molecule has 0 bridgehead atoms. The highest BCUT2D eigenvalue weighted by atomic mass is 32.2. The van der Waals surface area contributed by atoms with Gasteiger partial charge in [0, 0.05) is 28.5 Å². The van der Waals surface area contributed by atoms with Crippen molar-refractivity contribution in [1.29, 1.82) is 5.26 Å². The second-order valence-electron chi connectivity index (χ2n) is 7.17. The molecule has 4 rings (SSSR count). The molecule has 0 saturated carbocycles. The predicted molar refractivity (Wildman–Crippen MR) is 131 cm³/mol. The molecule has 2 amide bonds. The van der Waals surface area contributed by atoms with Crippen LogP contribution in [0.5, 0.6) is 5.75 Å². The molecule has 0 radical (unpaired) electrons. The zero-order valence-corrected chi connectivity index (χ0v) is 19.4. The highest BCUT2D eigenvalue weighted by Crippen LogP contribution is 2.26. The van der Waals surface area contributed by atoms with Crippen LogP contribution < -0.4 is 15.8 Å². The molecule has 33 heavy (non-hydrogen) atoms. The van der Waals surface area contributed by atoms with Gasteiger partial charge in [0.05, 0.1) is 18.0 Å². The Hall–Kier alpha value is -3.48. The number of nitrogens with two attached hydrogens (primary N) is 1. The van der Waals surface area contributed by atoms with Gasteiger partial charge < -0.3 is 20.4 Å². The van der Waals surface area contributed by atoms with Crippen molar-refractivity contribution in [3.05, 3.63) is 60.3 Å². The van der Waals surface area contributed by atoms with Crippen LogP contribution in [0.3, 0.4) is 0 Å². The summed E-state index contributed by atoms with van der Waals surface area (Å²) in [6, 6.07) is 15.2. The molecule has 2 atom stereocenters. The summed E-state index contributed by atoms with van der Waals surface area (Å²) in [4.78, 5) is 29.6. The number of ether oxygens (including phenoxy) is 1. The second-order valence-corrected chi connectivity index (χ2v) is 8.17. The van der Waals surface area contributed by atoms with Gasteiger partial charge >= 0.3 is 6.09 Å². The number of hydrogen-bond donors (Lipinski definition) is 3. The molecule has 0 spiro atoms. The van der Waals surface area contributed by atoms with E-state index in [-0.39, 0.29) is 5.91 Å². The standard InChI is InChI=1S/C22H21N5O3S.C2H6/c23-10-16-12-31-13-27(16)21(28)19(24)8-14-11-25-20-7-6-17(9-18(14)20)30-22(29)26-15-4-2-1-3-5-15;1-2/h1-7,9,11,16,19,25H,8,12-13,24H2,(H,26,29);1-2H3/t16?,19-;/m0./s1. The third-order valence-corrected chi connectivity index (χ3v) is 6.05. The third-order valence-electron chi connectivity index (χ3n) is 5.04. The van der Waals surface area contributed by atoms with Gasteiger partial charge in [-0.25, -0.2) is 4.79 Å². The number of H-pyrrole nitrogens is 1. The van der Waals surface area contributed by atoms with Crippen molar-refractivity contribution in [2.45, 2.75) is 32.4 Å². The van der Waals surface area contributed by atoms with Crippen LogP contribution in [0.15, 0.2) is 54.7 Å². The molecule has 9 heteroatoms. The Balaban J connectivity index is 0.00000149. The quantitative estimate of drug-likeness (QED) is 0.521. The summed E-state index contributed by atoms with van der Waals surface area (Å²) < 4.78 is 5.40. The van der Waals surface area contributed by atoms with E-state index < -0.39 is 18.2 Å². The van der Waals surface area contributed by atoms with Gasteiger partial charge in [-0.1, -0.05) is 32.0 Å². The highest BCUT2D eigenvalue weighted by molar-refractivity contribution is 7.99. The minimum Gasteiger partial charge on any atom is -0.410 e. The van der Waals surface area contributed by atoms with E-state index in [1.807, 2.05) is 32.0 Å². The van der Waals surface area contributed by atoms with Gasteiger partial charge in [-0.15, -0.1) is 11.8 Å². The summed E-state index contributed by atoms with van der Waals surface area (Å²) in [7, 11) is 0. The number of para-hydroxylation sites is 1. The number of anilines is 1. The molecule has 1 aliphatic heterocycles. The SMILES string of the molecule is CC.N#CC1CSCN1C(=O)[C@@H](N)Cc1c[nH]c2ccc(OC(=O)Nc3ccccc3)cc12. The van der Waals surface area contributed by atoms with Gasteiger partial charge in [0.2, 0.25) is 5.91 Å². The Morgan fingerprint density at radius 3 is 2.79 bits per heavy atom. The zero-order chi connectivity index (χ0) is 23.8. The fourth-order valence-corrected chi connectivity index (χ4v) is 4.55. The maximum absolute atomic E-state index is 12.7. The Morgan fingerprint density at radius 2 is 2.06 bits per heavy atom. The lowest BCUT2D eigenvalue weighted by molar-refractivity contribution is -0.132. The Kier molecular flexibility index (Phi) is 8.35. The number of thioether (sulfide) groups is 1. The number of aromatic amines is 1. The van der Waals surface area contributed by atoms with Crippen molar-refractivity contribution in [3.8, 4) is 11.8 Å². The summed E-state index contributed by atoms with van der Waals surface area (Å²) in [6.45, 7) is 4.00. The van der Waals surface area contributed by atoms with Gasteiger partial charge in [0.15, 0.2) is 0 Å². The smallest absolute Gasteiger partial charge is 0.410 e. The first-order valence-corrected chi connectivity index (χ1v) is 11.9. The molecular formula is C24H27N5O3S. The fourth-order valence-electron chi connectivity index (χ4n) is 3.47. The van der Waals surface area contributed by atoms with Crippen LogP contribution in [0.2, 0.25) is 0 Å². The van der Waals surface area contributed by atoms with Crippen LogP contribution in [0, 0.1) is 11.3 Å². The average Bonchev–Trinajstić information content (AvgIpc) is 3.47. The van der Waals surface area contributed by atoms with E-state index in [1.54, 1.807) is 48.3 Å². The number of fused-ring (bicyclic) bond motifs is 1. The van der Waals surface area contributed by atoms with Crippen LogP contribution in [0.4, 0.5) is 10.5 Å². The third kappa shape index (κ3) is 5.86. The highest BCUT2D eigenvalue weighted by Gasteiger charge is 2.32. The molecule has 172 valence electrons. The molecule has 1 aliphatic rings. The number of carbonyl (C=O) groups is 2. The number of nitrogens with zero attached hydrogens (tertiary/aromatic N) is 2.